The number of rotatable bonds is 7. The smallest absolute Gasteiger partial charge is 0.293 e. The van der Waals surface area contributed by atoms with Gasteiger partial charge in [-0.25, -0.2) is 0 Å². The highest BCUT2D eigenvalue weighted by Crippen LogP contribution is 2.51. The van der Waals surface area contributed by atoms with Gasteiger partial charge in [-0.15, -0.1) is 0 Å². The summed E-state index contributed by atoms with van der Waals surface area (Å²) in [5, 5.41) is 11.8. The van der Waals surface area contributed by atoms with Crippen LogP contribution >= 0.6 is 0 Å². The van der Waals surface area contributed by atoms with Crippen molar-refractivity contribution in [3.63, 3.8) is 0 Å². The number of carbonyl (C=O) groups excluding carboxylic acids is 1. The lowest BCUT2D eigenvalue weighted by molar-refractivity contribution is -0.128. The molecule has 0 amide bonds. The molecule has 0 bridgehead atoms. The van der Waals surface area contributed by atoms with Gasteiger partial charge in [0.25, 0.3) is 6.47 Å². The molecule has 1 N–H and O–H groups in total. The monoisotopic (exact) mass is 414 g/mol. The van der Waals surface area contributed by atoms with Crippen LogP contribution in [0.1, 0.15) is 31.7 Å². The van der Waals surface area contributed by atoms with Crippen molar-refractivity contribution in [3.05, 3.63) is 35.6 Å². The number of hydrogen-bond donors (Lipinski definition) is 1. The van der Waals surface area contributed by atoms with Gasteiger partial charge in [-0.3, -0.25) is 14.7 Å². The zero-order valence-corrected chi connectivity index (χ0v) is 17.8. The van der Waals surface area contributed by atoms with E-state index in [2.05, 4.69) is 11.8 Å². The molecule has 2 fully saturated rings. The van der Waals surface area contributed by atoms with Crippen molar-refractivity contribution in [2.45, 2.75) is 37.8 Å². The summed E-state index contributed by atoms with van der Waals surface area (Å²) < 4.78 is 15.9. The average molecular weight is 415 g/mol. The largest absolute Gasteiger partial charge is 0.504 e. The summed E-state index contributed by atoms with van der Waals surface area (Å²) in [5.74, 6) is 1.29. The van der Waals surface area contributed by atoms with E-state index in [-0.39, 0.29) is 18.6 Å². The van der Waals surface area contributed by atoms with E-state index in [9.17, 15) is 9.90 Å². The van der Waals surface area contributed by atoms with E-state index in [1.807, 2.05) is 18.2 Å². The summed E-state index contributed by atoms with van der Waals surface area (Å²) in [6.45, 7) is 4.60. The highest BCUT2D eigenvalue weighted by molar-refractivity contribution is 6.05. The molecule has 7 heteroatoms. The zero-order valence-electron chi connectivity index (χ0n) is 17.8. The Morgan fingerprint density at radius 1 is 1.40 bits per heavy atom. The molecule has 4 rings (SSSR count). The zero-order chi connectivity index (χ0) is 21.3. The van der Waals surface area contributed by atoms with Crippen LogP contribution in [0.15, 0.2) is 35.0 Å². The molecule has 0 aromatic heterocycles. The fraction of sp³-hybridized carbons (Fsp3) is 0.565. The Kier molecular flexibility index (Phi) is 5.84. The number of hydrogen-bond acceptors (Lipinski definition) is 7. The number of methoxy groups -OCH3 is 2. The van der Waals surface area contributed by atoms with Gasteiger partial charge in [0.05, 0.1) is 43.5 Å². The Balaban J connectivity index is 1.69. The van der Waals surface area contributed by atoms with Crippen LogP contribution in [0.3, 0.4) is 0 Å². The van der Waals surface area contributed by atoms with Crippen LogP contribution in [0.2, 0.25) is 0 Å². The second kappa shape index (κ2) is 8.40. The first-order valence-corrected chi connectivity index (χ1v) is 10.6. The molecule has 0 radical (unpaired) electrons. The van der Waals surface area contributed by atoms with Crippen LogP contribution in [0, 0.1) is 11.8 Å². The maximum atomic E-state index is 11.8. The maximum absolute atomic E-state index is 11.8. The van der Waals surface area contributed by atoms with Crippen LogP contribution in [0.5, 0.6) is 5.75 Å². The normalized spacial score (nSPS) is 30.6. The predicted octanol–water partition coefficient (Wildman–Crippen LogP) is 2.79. The molecular weight excluding hydrogens is 384 g/mol. The van der Waals surface area contributed by atoms with Gasteiger partial charge in [0.2, 0.25) is 0 Å². The summed E-state index contributed by atoms with van der Waals surface area (Å²) in [4.78, 5) is 18.1. The SMILES string of the molecule is CC[C@@H]1CN2CC[C@@]3(O)C(=Nc4cccc(OC)c43)[C@@H]2C[C@@H]1C(=COC)COC=O. The number of piperidine rings is 2. The van der Waals surface area contributed by atoms with Crippen molar-refractivity contribution < 1.29 is 24.1 Å². The molecular formula is C23H30N2O5. The van der Waals surface area contributed by atoms with Crippen LogP contribution in [0.4, 0.5) is 5.69 Å². The number of benzene rings is 1. The van der Waals surface area contributed by atoms with Crippen LogP contribution < -0.4 is 4.74 Å². The molecule has 7 nitrogen and oxygen atoms in total. The van der Waals surface area contributed by atoms with Gasteiger partial charge in [-0.1, -0.05) is 19.4 Å². The van der Waals surface area contributed by atoms with Gasteiger partial charge in [0.15, 0.2) is 0 Å². The summed E-state index contributed by atoms with van der Waals surface area (Å²) >= 11 is 0. The molecule has 0 unspecified atom stereocenters. The van der Waals surface area contributed by atoms with E-state index in [0.29, 0.717) is 24.6 Å². The van der Waals surface area contributed by atoms with Crippen molar-refractivity contribution in [2.24, 2.45) is 16.8 Å². The first-order valence-electron chi connectivity index (χ1n) is 10.6. The maximum Gasteiger partial charge on any atom is 0.293 e. The minimum Gasteiger partial charge on any atom is -0.504 e. The Hall–Kier alpha value is -2.38. The summed E-state index contributed by atoms with van der Waals surface area (Å²) in [7, 11) is 3.24. The highest BCUT2D eigenvalue weighted by Gasteiger charge is 2.53. The third-order valence-electron chi connectivity index (χ3n) is 6.92. The van der Waals surface area contributed by atoms with E-state index in [4.69, 9.17) is 19.2 Å². The molecule has 30 heavy (non-hydrogen) atoms. The first-order chi connectivity index (χ1) is 14.6. The molecule has 1 aromatic carbocycles. The van der Waals surface area contributed by atoms with E-state index >= 15 is 0 Å². The Morgan fingerprint density at radius 3 is 2.93 bits per heavy atom. The standard InChI is InChI=1S/C23H30N2O5/c1-4-15-11-25-9-8-23(27)21-18(6-5-7-20(21)29-3)24-22(23)19(25)10-17(15)16(12-28-2)13-30-14-26/h5-7,12,14-15,17,19,27H,4,8-11,13H2,1-3H3/t15-,17+,19+,23+/m1/s1. The van der Waals surface area contributed by atoms with Crippen molar-refractivity contribution in [1.82, 2.24) is 4.90 Å². The fourth-order valence-electron chi connectivity index (χ4n) is 5.50. The van der Waals surface area contributed by atoms with Gasteiger partial charge in [0.1, 0.15) is 18.0 Å². The van der Waals surface area contributed by atoms with E-state index in [1.54, 1.807) is 20.5 Å². The lowest BCUT2D eigenvalue weighted by Gasteiger charge is -2.50. The predicted molar refractivity (Wildman–Crippen MR) is 113 cm³/mol. The highest BCUT2D eigenvalue weighted by atomic mass is 16.5. The molecule has 4 atom stereocenters. The fourth-order valence-corrected chi connectivity index (χ4v) is 5.50. The third kappa shape index (κ3) is 3.30. The molecule has 0 aliphatic carbocycles. The van der Waals surface area contributed by atoms with Gasteiger partial charge in [0, 0.05) is 18.7 Å². The number of aliphatic imine (C=N–C) groups is 1. The molecule has 162 valence electrons. The number of fused-ring (bicyclic) bond motifs is 5. The van der Waals surface area contributed by atoms with Crippen molar-refractivity contribution >= 4 is 17.9 Å². The van der Waals surface area contributed by atoms with Crippen molar-refractivity contribution in [1.29, 1.82) is 0 Å². The van der Waals surface area contributed by atoms with Gasteiger partial charge >= 0.3 is 0 Å². The lowest BCUT2D eigenvalue weighted by atomic mass is 9.70. The molecule has 3 aliphatic heterocycles. The van der Waals surface area contributed by atoms with Crippen molar-refractivity contribution in [2.75, 3.05) is 33.9 Å². The molecule has 1 aromatic rings. The molecule has 2 saturated heterocycles. The van der Waals surface area contributed by atoms with Crippen LogP contribution in [-0.2, 0) is 19.9 Å². The van der Waals surface area contributed by atoms with Crippen molar-refractivity contribution in [3.8, 4) is 5.75 Å². The number of carbonyl (C=O) groups is 1. The lowest BCUT2D eigenvalue weighted by Crippen LogP contribution is -2.60. The third-order valence-corrected chi connectivity index (χ3v) is 6.92. The average Bonchev–Trinajstić information content (AvgIpc) is 3.09. The Labute approximate surface area is 177 Å². The minimum atomic E-state index is -1.10. The second-order valence-electron chi connectivity index (χ2n) is 8.32. The first kappa shape index (κ1) is 20.9. The molecule has 3 heterocycles. The quantitative estimate of drug-likeness (QED) is 0.546. The van der Waals surface area contributed by atoms with Gasteiger partial charge in [-0.05, 0) is 36.8 Å². The van der Waals surface area contributed by atoms with Crippen LogP contribution in [0.25, 0.3) is 0 Å². The topological polar surface area (TPSA) is 80.6 Å². The van der Waals surface area contributed by atoms with E-state index in [1.165, 1.54) is 0 Å². The second-order valence-corrected chi connectivity index (χ2v) is 8.32. The van der Waals surface area contributed by atoms with E-state index < -0.39 is 5.60 Å². The van der Waals surface area contributed by atoms with E-state index in [0.717, 1.165) is 48.5 Å². The number of aliphatic hydroxyl groups is 1. The number of nitrogens with zero attached hydrogens (tertiary/aromatic N) is 2. The summed E-state index contributed by atoms with van der Waals surface area (Å²) in [6, 6.07) is 5.75. The minimum absolute atomic E-state index is 0.0187. The Morgan fingerprint density at radius 2 is 2.23 bits per heavy atom. The van der Waals surface area contributed by atoms with Gasteiger partial charge in [-0.2, -0.15) is 0 Å². The molecule has 3 aliphatic rings. The number of ether oxygens (including phenoxy) is 3. The molecule has 0 spiro atoms. The summed E-state index contributed by atoms with van der Waals surface area (Å²) in [5.41, 5.74) is 2.25. The van der Waals surface area contributed by atoms with Crippen LogP contribution in [-0.4, -0.2) is 62.1 Å². The molecule has 0 saturated carbocycles. The summed E-state index contributed by atoms with van der Waals surface area (Å²) in [6.07, 6.45) is 4.12. The Bertz CT molecular complexity index is 867. The van der Waals surface area contributed by atoms with Gasteiger partial charge < -0.3 is 19.3 Å².